The number of aryl methyl sites for hydroxylation is 2. The normalized spacial score (nSPS) is 30.5. The average Bonchev–Trinajstić information content (AvgIpc) is 2.59. The van der Waals surface area contributed by atoms with Crippen LogP contribution < -0.4 is 4.74 Å². The minimum atomic E-state index is -2.82. The van der Waals surface area contributed by atoms with Crippen LogP contribution in [0.25, 0.3) is 0 Å². The number of halogens is 2. The van der Waals surface area contributed by atoms with E-state index in [4.69, 9.17) is 9.47 Å². The van der Waals surface area contributed by atoms with Crippen molar-refractivity contribution in [3.63, 3.8) is 0 Å². The van der Waals surface area contributed by atoms with Crippen molar-refractivity contribution in [1.29, 1.82) is 0 Å². The van der Waals surface area contributed by atoms with Crippen LogP contribution in [0.1, 0.15) is 55.6 Å². The molecule has 1 aliphatic heterocycles. The summed E-state index contributed by atoms with van der Waals surface area (Å²) >= 11 is 0. The van der Waals surface area contributed by atoms with Gasteiger partial charge in [0.15, 0.2) is 6.29 Å². The molecule has 1 aromatic rings. The second-order valence-electron chi connectivity index (χ2n) is 7.64. The Morgan fingerprint density at radius 1 is 0.960 bits per heavy atom. The minimum absolute atomic E-state index is 0.240. The average molecular weight is 354 g/mol. The van der Waals surface area contributed by atoms with Gasteiger partial charge in [-0.3, -0.25) is 0 Å². The molecule has 5 heteroatoms. The van der Waals surface area contributed by atoms with E-state index >= 15 is 0 Å². The van der Waals surface area contributed by atoms with E-state index < -0.39 is 12.9 Å². The van der Waals surface area contributed by atoms with Gasteiger partial charge in [-0.2, -0.15) is 8.78 Å². The molecule has 1 aliphatic carbocycles. The molecule has 0 aromatic heterocycles. The predicted molar refractivity (Wildman–Crippen MR) is 91.8 cm³/mol. The Kier molecular flexibility index (Phi) is 5.95. The molecule has 1 heterocycles. The van der Waals surface area contributed by atoms with Crippen molar-refractivity contribution in [2.24, 2.45) is 17.8 Å². The second kappa shape index (κ2) is 8.00. The standard InChI is InChI=1S/C20H28F2O3/c1-12-4-6-15(7-5-12)17-10-23-19(24-11-17)16-8-13(2)18(14(3)9-16)25-20(21)22/h8-9,12,15,17,19-20H,4-7,10-11H2,1-3H3. The van der Waals surface area contributed by atoms with Crippen LogP contribution in [0.4, 0.5) is 8.78 Å². The molecule has 2 fully saturated rings. The van der Waals surface area contributed by atoms with Gasteiger partial charge >= 0.3 is 6.61 Å². The Hall–Kier alpha value is -1.20. The molecular weight excluding hydrogens is 326 g/mol. The van der Waals surface area contributed by atoms with Gasteiger partial charge in [-0.05, 0) is 61.8 Å². The molecule has 1 saturated carbocycles. The van der Waals surface area contributed by atoms with Crippen LogP contribution in [0.2, 0.25) is 0 Å². The summed E-state index contributed by atoms with van der Waals surface area (Å²) in [4.78, 5) is 0. The third kappa shape index (κ3) is 4.50. The molecule has 0 atom stereocenters. The summed E-state index contributed by atoms with van der Waals surface area (Å²) in [6.45, 7) is 4.45. The van der Waals surface area contributed by atoms with Gasteiger partial charge in [0.1, 0.15) is 5.75 Å². The molecule has 0 bridgehead atoms. The molecular formula is C20H28F2O3. The van der Waals surface area contributed by atoms with Crippen molar-refractivity contribution in [2.75, 3.05) is 13.2 Å². The van der Waals surface area contributed by atoms with Crippen molar-refractivity contribution in [3.05, 3.63) is 28.8 Å². The Bertz CT molecular complexity index is 551. The number of hydrogen-bond donors (Lipinski definition) is 0. The lowest BCUT2D eigenvalue weighted by atomic mass is 9.76. The molecule has 0 N–H and O–H groups in total. The number of rotatable bonds is 4. The molecule has 3 nitrogen and oxygen atoms in total. The second-order valence-corrected chi connectivity index (χ2v) is 7.64. The highest BCUT2D eigenvalue weighted by atomic mass is 19.3. The van der Waals surface area contributed by atoms with E-state index in [1.165, 1.54) is 25.7 Å². The molecule has 0 spiro atoms. The fraction of sp³-hybridized carbons (Fsp3) is 0.700. The van der Waals surface area contributed by atoms with E-state index in [2.05, 4.69) is 11.7 Å². The first-order valence-corrected chi connectivity index (χ1v) is 9.23. The van der Waals surface area contributed by atoms with Gasteiger partial charge < -0.3 is 14.2 Å². The van der Waals surface area contributed by atoms with Crippen LogP contribution in [0.3, 0.4) is 0 Å². The van der Waals surface area contributed by atoms with Crippen molar-refractivity contribution >= 4 is 0 Å². The highest BCUT2D eigenvalue weighted by molar-refractivity contribution is 5.43. The molecule has 0 amide bonds. The topological polar surface area (TPSA) is 27.7 Å². The lowest BCUT2D eigenvalue weighted by molar-refractivity contribution is -0.214. The molecule has 140 valence electrons. The summed E-state index contributed by atoms with van der Waals surface area (Å²) in [6.07, 6.45) is 4.71. The van der Waals surface area contributed by atoms with Gasteiger partial charge in [-0.15, -0.1) is 0 Å². The zero-order chi connectivity index (χ0) is 18.0. The molecule has 1 saturated heterocycles. The van der Waals surface area contributed by atoms with Crippen molar-refractivity contribution < 1.29 is 23.0 Å². The third-order valence-electron chi connectivity index (χ3n) is 5.61. The van der Waals surface area contributed by atoms with E-state index in [9.17, 15) is 8.78 Å². The van der Waals surface area contributed by atoms with Crippen LogP contribution in [0.15, 0.2) is 12.1 Å². The number of benzene rings is 1. The van der Waals surface area contributed by atoms with Gasteiger partial charge in [0.2, 0.25) is 0 Å². The first-order chi connectivity index (χ1) is 11.9. The maximum absolute atomic E-state index is 12.5. The van der Waals surface area contributed by atoms with Crippen molar-refractivity contribution in [2.45, 2.75) is 59.4 Å². The van der Waals surface area contributed by atoms with Crippen LogP contribution in [-0.4, -0.2) is 19.8 Å². The van der Waals surface area contributed by atoms with E-state index in [-0.39, 0.29) is 5.75 Å². The van der Waals surface area contributed by atoms with Gasteiger partial charge in [0.25, 0.3) is 0 Å². The molecule has 1 aromatic carbocycles. The van der Waals surface area contributed by atoms with Crippen molar-refractivity contribution in [1.82, 2.24) is 0 Å². The van der Waals surface area contributed by atoms with Gasteiger partial charge in [-0.1, -0.05) is 19.8 Å². The lowest BCUT2D eigenvalue weighted by Gasteiger charge is -2.37. The Labute approximate surface area is 148 Å². The maximum Gasteiger partial charge on any atom is 0.387 e. The molecule has 2 aliphatic rings. The summed E-state index contributed by atoms with van der Waals surface area (Å²) in [5.41, 5.74) is 2.21. The van der Waals surface area contributed by atoms with E-state index in [1.54, 1.807) is 13.8 Å². The SMILES string of the molecule is Cc1cc(C2OCC(C3CCC(C)CC3)CO2)cc(C)c1OC(F)F. The Morgan fingerprint density at radius 3 is 2.04 bits per heavy atom. The Morgan fingerprint density at radius 2 is 1.52 bits per heavy atom. The van der Waals surface area contributed by atoms with Crippen LogP contribution in [0.5, 0.6) is 5.75 Å². The number of hydrogen-bond acceptors (Lipinski definition) is 3. The molecule has 3 rings (SSSR count). The largest absolute Gasteiger partial charge is 0.434 e. The predicted octanol–water partition coefficient (Wildman–Crippen LogP) is 5.39. The monoisotopic (exact) mass is 354 g/mol. The van der Waals surface area contributed by atoms with Crippen LogP contribution in [0, 0.1) is 31.6 Å². The van der Waals surface area contributed by atoms with E-state index in [1.807, 2.05) is 12.1 Å². The van der Waals surface area contributed by atoms with Crippen LogP contribution >= 0.6 is 0 Å². The smallest absolute Gasteiger partial charge is 0.387 e. The van der Waals surface area contributed by atoms with Gasteiger partial charge in [0.05, 0.1) is 13.2 Å². The van der Waals surface area contributed by atoms with Gasteiger partial charge in [0, 0.05) is 11.5 Å². The summed E-state index contributed by atoms with van der Waals surface area (Å²) in [5.74, 6) is 2.24. The summed E-state index contributed by atoms with van der Waals surface area (Å²) in [5, 5.41) is 0. The first kappa shape index (κ1) is 18.6. The summed E-state index contributed by atoms with van der Waals surface area (Å²) in [7, 11) is 0. The highest BCUT2D eigenvalue weighted by Gasteiger charge is 2.32. The fourth-order valence-electron chi connectivity index (χ4n) is 4.13. The molecule has 0 unspecified atom stereocenters. The van der Waals surface area contributed by atoms with Crippen molar-refractivity contribution in [3.8, 4) is 5.75 Å². The third-order valence-corrected chi connectivity index (χ3v) is 5.61. The van der Waals surface area contributed by atoms with E-state index in [0.29, 0.717) is 36.2 Å². The highest BCUT2D eigenvalue weighted by Crippen LogP contribution is 2.38. The molecule has 25 heavy (non-hydrogen) atoms. The summed E-state index contributed by atoms with van der Waals surface area (Å²) < 4.78 is 41.6. The fourth-order valence-corrected chi connectivity index (χ4v) is 4.13. The lowest BCUT2D eigenvalue weighted by Crippen LogP contribution is -2.34. The zero-order valence-corrected chi connectivity index (χ0v) is 15.3. The van der Waals surface area contributed by atoms with Gasteiger partial charge in [-0.25, -0.2) is 0 Å². The quantitative estimate of drug-likeness (QED) is 0.725. The van der Waals surface area contributed by atoms with E-state index in [0.717, 1.165) is 11.5 Å². The summed E-state index contributed by atoms with van der Waals surface area (Å²) in [6, 6.07) is 3.63. The zero-order valence-electron chi connectivity index (χ0n) is 15.3. The molecule has 0 radical (unpaired) electrons. The Balaban J connectivity index is 1.61. The number of alkyl halides is 2. The van der Waals surface area contributed by atoms with Crippen LogP contribution in [-0.2, 0) is 9.47 Å². The maximum atomic E-state index is 12.5. The first-order valence-electron chi connectivity index (χ1n) is 9.23. The number of ether oxygens (including phenoxy) is 3. The minimum Gasteiger partial charge on any atom is -0.434 e.